The van der Waals surface area contributed by atoms with Crippen LogP contribution < -0.4 is 5.32 Å². The highest BCUT2D eigenvalue weighted by Crippen LogP contribution is 2.28. The second-order valence-corrected chi connectivity index (χ2v) is 7.34. The summed E-state index contributed by atoms with van der Waals surface area (Å²) in [6.45, 7) is 1.72. The number of para-hydroxylation sites is 1. The summed E-state index contributed by atoms with van der Waals surface area (Å²) in [5.74, 6) is -0.179. The highest BCUT2D eigenvalue weighted by molar-refractivity contribution is 9.10. The van der Waals surface area contributed by atoms with Crippen LogP contribution in [0.2, 0.25) is 0 Å². The molecule has 128 valence electrons. The van der Waals surface area contributed by atoms with Crippen LogP contribution in [0.3, 0.4) is 0 Å². The van der Waals surface area contributed by atoms with Crippen molar-refractivity contribution in [3.8, 4) is 11.4 Å². The first-order valence-electron chi connectivity index (χ1n) is 7.44. The largest absolute Gasteiger partial charge is 0.323 e. The van der Waals surface area contributed by atoms with E-state index in [2.05, 4.69) is 36.4 Å². The zero-order valence-corrected chi connectivity index (χ0v) is 15.6. The molecule has 0 aliphatic carbocycles. The van der Waals surface area contributed by atoms with Crippen molar-refractivity contribution in [2.45, 2.75) is 17.3 Å². The molecule has 0 bridgehead atoms. The van der Waals surface area contributed by atoms with Crippen LogP contribution in [0.4, 0.5) is 10.1 Å². The third-order valence-electron chi connectivity index (χ3n) is 3.38. The SMILES string of the molecule is C[C@@H](Sc1n[nH]c(-c2ccccc2Br)n1)C(=O)Nc1ccccc1F. The minimum Gasteiger partial charge on any atom is -0.323 e. The van der Waals surface area contributed by atoms with E-state index < -0.39 is 11.1 Å². The standard InChI is InChI=1S/C17H14BrFN4OS/c1-10(16(24)20-14-9-5-4-8-13(14)19)25-17-21-15(22-23-17)11-6-2-3-7-12(11)18/h2-10H,1H3,(H,20,24)(H,21,22,23)/t10-/m1/s1. The topological polar surface area (TPSA) is 70.7 Å². The quantitative estimate of drug-likeness (QED) is 0.596. The minimum atomic E-state index is -0.484. The van der Waals surface area contributed by atoms with Gasteiger partial charge in [-0.15, -0.1) is 5.10 Å². The number of aromatic nitrogens is 3. The van der Waals surface area contributed by atoms with Crippen molar-refractivity contribution in [3.63, 3.8) is 0 Å². The zero-order chi connectivity index (χ0) is 17.8. The first-order valence-corrected chi connectivity index (χ1v) is 9.11. The van der Waals surface area contributed by atoms with E-state index in [1.54, 1.807) is 19.1 Å². The van der Waals surface area contributed by atoms with Gasteiger partial charge < -0.3 is 5.32 Å². The van der Waals surface area contributed by atoms with Gasteiger partial charge >= 0.3 is 0 Å². The van der Waals surface area contributed by atoms with Gasteiger partial charge in [0.2, 0.25) is 11.1 Å². The number of amides is 1. The van der Waals surface area contributed by atoms with Crippen LogP contribution in [0, 0.1) is 5.82 Å². The molecule has 1 amide bonds. The van der Waals surface area contributed by atoms with E-state index in [1.807, 2.05) is 24.3 Å². The molecular formula is C17H14BrFN4OS. The Bertz CT molecular complexity index is 902. The Labute approximate surface area is 156 Å². The van der Waals surface area contributed by atoms with Crippen LogP contribution in [-0.4, -0.2) is 26.3 Å². The molecule has 0 radical (unpaired) electrons. The Hall–Kier alpha value is -2.19. The number of rotatable bonds is 5. The summed E-state index contributed by atoms with van der Waals surface area (Å²) >= 11 is 4.66. The fraction of sp³-hybridized carbons (Fsp3) is 0.118. The molecule has 2 N–H and O–H groups in total. The molecule has 5 nitrogen and oxygen atoms in total. The van der Waals surface area contributed by atoms with Crippen molar-refractivity contribution < 1.29 is 9.18 Å². The highest BCUT2D eigenvalue weighted by atomic mass is 79.9. The molecular weight excluding hydrogens is 407 g/mol. The lowest BCUT2D eigenvalue weighted by atomic mass is 10.2. The number of nitrogens with zero attached hydrogens (tertiary/aromatic N) is 2. The molecule has 1 heterocycles. The normalized spacial score (nSPS) is 12.0. The summed E-state index contributed by atoms with van der Waals surface area (Å²) < 4.78 is 14.5. The van der Waals surface area contributed by atoms with Crippen LogP contribution >= 0.6 is 27.7 Å². The summed E-state index contributed by atoms with van der Waals surface area (Å²) in [4.78, 5) is 16.6. The van der Waals surface area contributed by atoms with E-state index in [4.69, 9.17) is 0 Å². The van der Waals surface area contributed by atoms with Gasteiger partial charge in [0.05, 0.1) is 10.9 Å². The third kappa shape index (κ3) is 4.26. The van der Waals surface area contributed by atoms with Gasteiger partial charge in [-0.3, -0.25) is 9.89 Å². The van der Waals surface area contributed by atoms with Gasteiger partial charge in [-0.1, -0.05) is 58.0 Å². The number of aromatic amines is 1. The maximum absolute atomic E-state index is 13.6. The predicted molar refractivity (Wildman–Crippen MR) is 99.9 cm³/mol. The summed E-state index contributed by atoms with van der Waals surface area (Å²) in [6.07, 6.45) is 0. The molecule has 0 aliphatic rings. The number of hydrogen-bond acceptors (Lipinski definition) is 4. The van der Waals surface area contributed by atoms with E-state index in [0.717, 1.165) is 10.0 Å². The molecule has 8 heteroatoms. The number of nitrogens with one attached hydrogen (secondary N) is 2. The number of halogens is 2. The number of H-pyrrole nitrogens is 1. The average Bonchev–Trinajstić information content (AvgIpc) is 3.05. The number of hydrogen-bond donors (Lipinski definition) is 2. The predicted octanol–water partition coefficient (Wildman–Crippen LogP) is 4.49. The Morgan fingerprint density at radius 2 is 1.96 bits per heavy atom. The van der Waals surface area contributed by atoms with Gasteiger partial charge in [0, 0.05) is 10.0 Å². The van der Waals surface area contributed by atoms with Gasteiger partial charge in [-0.25, -0.2) is 9.37 Å². The van der Waals surface area contributed by atoms with E-state index in [1.165, 1.54) is 23.9 Å². The van der Waals surface area contributed by atoms with Crippen LogP contribution in [0.5, 0.6) is 0 Å². The van der Waals surface area contributed by atoms with Crippen molar-refractivity contribution in [3.05, 3.63) is 58.8 Å². The number of carbonyl (C=O) groups is 1. The lowest BCUT2D eigenvalue weighted by Crippen LogP contribution is -2.23. The lowest BCUT2D eigenvalue weighted by molar-refractivity contribution is -0.115. The monoisotopic (exact) mass is 420 g/mol. The first kappa shape index (κ1) is 17.6. The third-order valence-corrected chi connectivity index (χ3v) is 5.03. The van der Waals surface area contributed by atoms with Crippen LogP contribution in [-0.2, 0) is 4.79 Å². The van der Waals surface area contributed by atoms with Crippen LogP contribution in [0.15, 0.2) is 58.2 Å². The minimum absolute atomic E-state index is 0.156. The van der Waals surface area contributed by atoms with Crippen molar-refractivity contribution in [2.24, 2.45) is 0 Å². The number of anilines is 1. The van der Waals surface area contributed by atoms with Crippen molar-refractivity contribution in [2.75, 3.05) is 5.32 Å². The van der Waals surface area contributed by atoms with Gasteiger partial charge in [-0.2, -0.15) is 0 Å². The molecule has 0 saturated heterocycles. The van der Waals surface area contributed by atoms with Crippen molar-refractivity contribution in [1.29, 1.82) is 0 Å². The van der Waals surface area contributed by atoms with Crippen LogP contribution in [0.1, 0.15) is 6.92 Å². The summed E-state index contributed by atoms with van der Waals surface area (Å²) in [7, 11) is 0. The highest BCUT2D eigenvalue weighted by Gasteiger charge is 2.19. The molecule has 0 spiro atoms. The molecule has 0 saturated carbocycles. The maximum atomic E-state index is 13.6. The summed E-state index contributed by atoms with van der Waals surface area (Å²) in [5.41, 5.74) is 1.04. The average molecular weight is 421 g/mol. The van der Waals surface area contributed by atoms with E-state index in [9.17, 15) is 9.18 Å². The molecule has 25 heavy (non-hydrogen) atoms. The van der Waals surface area contributed by atoms with Crippen LogP contribution in [0.25, 0.3) is 11.4 Å². The Balaban J connectivity index is 1.67. The molecule has 1 atom stereocenters. The molecule has 0 fully saturated rings. The number of carbonyl (C=O) groups excluding carboxylic acids is 1. The fourth-order valence-corrected chi connectivity index (χ4v) is 3.28. The number of thioether (sulfide) groups is 1. The number of benzene rings is 2. The fourth-order valence-electron chi connectivity index (χ4n) is 2.08. The molecule has 1 aromatic heterocycles. The van der Waals surface area contributed by atoms with Crippen molar-refractivity contribution in [1.82, 2.24) is 15.2 Å². The summed E-state index contributed by atoms with van der Waals surface area (Å²) in [6, 6.07) is 13.7. The molecule has 3 aromatic rings. The van der Waals surface area contributed by atoms with E-state index in [-0.39, 0.29) is 11.6 Å². The Morgan fingerprint density at radius 3 is 2.72 bits per heavy atom. The van der Waals surface area contributed by atoms with Gasteiger partial charge in [0.25, 0.3) is 0 Å². The van der Waals surface area contributed by atoms with Gasteiger partial charge in [0.15, 0.2) is 5.82 Å². The smallest absolute Gasteiger partial charge is 0.237 e. The molecule has 3 rings (SSSR count). The van der Waals surface area contributed by atoms with Crippen molar-refractivity contribution >= 4 is 39.3 Å². The van der Waals surface area contributed by atoms with E-state index in [0.29, 0.717) is 11.0 Å². The maximum Gasteiger partial charge on any atom is 0.237 e. The molecule has 0 aliphatic heterocycles. The van der Waals surface area contributed by atoms with E-state index >= 15 is 0 Å². The second-order valence-electron chi connectivity index (χ2n) is 5.18. The first-order chi connectivity index (χ1) is 12.0. The Morgan fingerprint density at radius 1 is 1.24 bits per heavy atom. The molecule has 0 unspecified atom stereocenters. The summed E-state index contributed by atoms with van der Waals surface area (Å²) in [5, 5.41) is 9.53. The second kappa shape index (κ2) is 7.79. The van der Waals surface area contributed by atoms with Gasteiger partial charge in [0.1, 0.15) is 5.82 Å². The lowest BCUT2D eigenvalue weighted by Gasteiger charge is -2.10. The molecule has 2 aromatic carbocycles. The van der Waals surface area contributed by atoms with Gasteiger partial charge in [-0.05, 0) is 25.1 Å². The Kier molecular flexibility index (Phi) is 5.50. The zero-order valence-electron chi connectivity index (χ0n) is 13.2.